The highest BCUT2D eigenvalue weighted by Gasteiger charge is 2.08. The lowest BCUT2D eigenvalue weighted by molar-refractivity contribution is 0.684. The summed E-state index contributed by atoms with van der Waals surface area (Å²) in [5.41, 5.74) is 10.2. The predicted octanol–water partition coefficient (Wildman–Crippen LogP) is 2.80. The number of benzene rings is 1. The zero-order chi connectivity index (χ0) is 11.2. The van der Waals surface area contributed by atoms with Gasteiger partial charge in [-0.2, -0.15) is 11.8 Å². The zero-order valence-electron chi connectivity index (χ0n) is 9.87. The van der Waals surface area contributed by atoms with Gasteiger partial charge in [0, 0.05) is 12.3 Å². The fourth-order valence-electron chi connectivity index (χ4n) is 2.32. The normalized spacial score (nSPS) is 14.8. The molecule has 0 aliphatic heterocycles. The van der Waals surface area contributed by atoms with Crippen molar-refractivity contribution < 1.29 is 0 Å². The highest BCUT2D eigenvalue weighted by Crippen LogP contribution is 2.22. The van der Waals surface area contributed by atoms with E-state index in [2.05, 4.69) is 18.2 Å². The second-order valence-electron chi connectivity index (χ2n) is 4.46. The fraction of sp³-hybridized carbons (Fsp3) is 0.571. The molecular formula is C14H21NS. The van der Waals surface area contributed by atoms with Gasteiger partial charge in [0.15, 0.2) is 0 Å². The van der Waals surface area contributed by atoms with Crippen LogP contribution in [0.5, 0.6) is 0 Å². The maximum atomic E-state index is 5.48. The summed E-state index contributed by atoms with van der Waals surface area (Å²) in [6.07, 6.45) is 6.52. The van der Waals surface area contributed by atoms with Crippen molar-refractivity contribution in [1.29, 1.82) is 0 Å². The predicted molar refractivity (Wildman–Crippen MR) is 73.2 cm³/mol. The lowest BCUT2D eigenvalue weighted by Crippen LogP contribution is -2.04. The molecule has 0 heterocycles. The molecular weight excluding hydrogens is 214 g/mol. The van der Waals surface area contributed by atoms with Crippen LogP contribution < -0.4 is 5.73 Å². The SMILES string of the molecule is NCCSCCc1ccc2c(c1)CCCC2. The molecule has 0 unspecified atom stereocenters. The van der Waals surface area contributed by atoms with Crippen LogP contribution in [0.25, 0.3) is 0 Å². The third-order valence-corrected chi connectivity index (χ3v) is 4.23. The Morgan fingerprint density at radius 3 is 2.69 bits per heavy atom. The monoisotopic (exact) mass is 235 g/mol. The van der Waals surface area contributed by atoms with Crippen LogP contribution in [0.15, 0.2) is 18.2 Å². The lowest BCUT2D eigenvalue weighted by Gasteiger charge is -2.16. The summed E-state index contributed by atoms with van der Waals surface area (Å²) < 4.78 is 0. The second kappa shape index (κ2) is 6.31. The molecule has 1 aliphatic carbocycles. The van der Waals surface area contributed by atoms with E-state index in [0.717, 1.165) is 12.3 Å². The van der Waals surface area contributed by atoms with Crippen molar-refractivity contribution in [2.75, 3.05) is 18.1 Å². The van der Waals surface area contributed by atoms with E-state index in [4.69, 9.17) is 5.73 Å². The summed E-state index contributed by atoms with van der Waals surface area (Å²) in [4.78, 5) is 0. The Morgan fingerprint density at radius 1 is 1.06 bits per heavy atom. The average Bonchev–Trinajstić information content (AvgIpc) is 2.34. The van der Waals surface area contributed by atoms with Gasteiger partial charge in [-0.3, -0.25) is 0 Å². The number of fused-ring (bicyclic) bond motifs is 1. The van der Waals surface area contributed by atoms with E-state index in [9.17, 15) is 0 Å². The van der Waals surface area contributed by atoms with Gasteiger partial charge in [-0.1, -0.05) is 18.2 Å². The third kappa shape index (κ3) is 3.26. The van der Waals surface area contributed by atoms with E-state index >= 15 is 0 Å². The smallest absolute Gasteiger partial charge is 0.00559 e. The van der Waals surface area contributed by atoms with Crippen molar-refractivity contribution in [2.24, 2.45) is 5.73 Å². The molecule has 2 N–H and O–H groups in total. The molecule has 0 saturated heterocycles. The van der Waals surface area contributed by atoms with E-state index in [0.29, 0.717) is 0 Å². The minimum atomic E-state index is 0.800. The molecule has 0 aromatic heterocycles. The quantitative estimate of drug-likeness (QED) is 0.794. The number of hydrogen-bond acceptors (Lipinski definition) is 2. The molecule has 0 radical (unpaired) electrons. The van der Waals surface area contributed by atoms with Crippen LogP contribution in [0.2, 0.25) is 0 Å². The van der Waals surface area contributed by atoms with Gasteiger partial charge < -0.3 is 5.73 Å². The molecule has 1 aromatic rings. The van der Waals surface area contributed by atoms with E-state index < -0.39 is 0 Å². The van der Waals surface area contributed by atoms with Crippen molar-refractivity contribution in [3.63, 3.8) is 0 Å². The minimum absolute atomic E-state index is 0.800. The molecule has 0 bridgehead atoms. The first kappa shape index (κ1) is 12.0. The Hall–Kier alpha value is -0.470. The molecule has 0 atom stereocenters. The summed E-state index contributed by atoms with van der Waals surface area (Å²) in [7, 11) is 0. The summed E-state index contributed by atoms with van der Waals surface area (Å²) in [5, 5.41) is 0. The Balaban J connectivity index is 1.90. The highest BCUT2D eigenvalue weighted by atomic mass is 32.2. The van der Waals surface area contributed by atoms with E-state index in [-0.39, 0.29) is 0 Å². The van der Waals surface area contributed by atoms with Crippen LogP contribution in [-0.4, -0.2) is 18.1 Å². The number of thioether (sulfide) groups is 1. The lowest BCUT2D eigenvalue weighted by atomic mass is 9.90. The number of nitrogens with two attached hydrogens (primary N) is 1. The summed E-state index contributed by atoms with van der Waals surface area (Å²) >= 11 is 1.96. The van der Waals surface area contributed by atoms with Crippen LogP contribution in [0.3, 0.4) is 0 Å². The fourth-order valence-corrected chi connectivity index (χ4v) is 3.07. The molecule has 2 heteroatoms. The second-order valence-corrected chi connectivity index (χ2v) is 5.69. The average molecular weight is 235 g/mol. The van der Waals surface area contributed by atoms with Crippen LogP contribution in [0.1, 0.15) is 29.5 Å². The number of rotatable bonds is 5. The van der Waals surface area contributed by atoms with Gasteiger partial charge in [0.05, 0.1) is 0 Å². The molecule has 2 rings (SSSR count). The standard InChI is InChI=1S/C14H21NS/c15-8-10-16-9-7-12-5-6-13-3-1-2-4-14(13)11-12/h5-6,11H,1-4,7-10,15H2. The molecule has 1 nitrogen and oxygen atoms in total. The van der Waals surface area contributed by atoms with E-state index in [1.807, 2.05) is 11.8 Å². The first-order valence-corrected chi connectivity index (χ1v) is 7.44. The van der Waals surface area contributed by atoms with Crippen molar-refractivity contribution in [2.45, 2.75) is 32.1 Å². The maximum absolute atomic E-state index is 5.48. The van der Waals surface area contributed by atoms with Crippen molar-refractivity contribution in [1.82, 2.24) is 0 Å². The van der Waals surface area contributed by atoms with E-state index in [1.54, 1.807) is 11.1 Å². The van der Waals surface area contributed by atoms with Crippen molar-refractivity contribution in [3.05, 3.63) is 34.9 Å². The largest absolute Gasteiger partial charge is 0.330 e. The molecule has 0 spiro atoms. The Bertz CT molecular complexity index is 336. The Kier molecular flexibility index (Phi) is 4.73. The van der Waals surface area contributed by atoms with Gasteiger partial charge in [0.25, 0.3) is 0 Å². The zero-order valence-corrected chi connectivity index (χ0v) is 10.7. The maximum Gasteiger partial charge on any atom is 0.00559 e. The van der Waals surface area contributed by atoms with Gasteiger partial charge in [0.2, 0.25) is 0 Å². The van der Waals surface area contributed by atoms with Crippen LogP contribution in [-0.2, 0) is 19.3 Å². The molecule has 1 aliphatic rings. The Labute approximate surface area is 103 Å². The van der Waals surface area contributed by atoms with Gasteiger partial charge in [-0.15, -0.1) is 0 Å². The molecule has 0 fully saturated rings. The van der Waals surface area contributed by atoms with Gasteiger partial charge in [0.1, 0.15) is 0 Å². The van der Waals surface area contributed by atoms with Gasteiger partial charge >= 0.3 is 0 Å². The van der Waals surface area contributed by atoms with E-state index in [1.165, 1.54) is 43.4 Å². The van der Waals surface area contributed by atoms with Crippen molar-refractivity contribution >= 4 is 11.8 Å². The third-order valence-electron chi connectivity index (χ3n) is 3.21. The minimum Gasteiger partial charge on any atom is -0.330 e. The van der Waals surface area contributed by atoms with Crippen molar-refractivity contribution in [3.8, 4) is 0 Å². The molecule has 0 saturated carbocycles. The van der Waals surface area contributed by atoms with Gasteiger partial charge in [-0.05, 0) is 54.5 Å². The first-order chi connectivity index (χ1) is 7.90. The Morgan fingerprint density at radius 2 is 1.88 bits per heavy atom. The topological polar surface area (TPSA) is 26.0 Å². The van der Waals surface area contributed by atoms with Crippen LogP contribution >= 0.6 is 11.8 Å². The first-order valence-electron chi connectivity index (χ1n) is 6.28. The van der Waals surface area contributed by atoms with Crippen LogP contribution in [0.4, 0.5) is 0 Å². The molecule has 88 valence electrons. The molecule has 0 amide bonds. The van der Waals surface area contributed by atoms with Crippen LogP contribution in [0, 0.1) is 0 Å². The molecule has 16 heavy (non-hydrogen) atoms. The number of hydrogen-bond donors (Lipinski definition) is 1. The highest BCUT2D eigenvalue weighted by molar-refractivity contribution is 7.99. The molecule has 1 aromatic carbocycles. The summed E-state index contributed by atoms with van der Waals surface area (Å²) in [6, 6.07) is 7.09. The van der Waals surface area contributed by atoms with Gasteiger partial charge in [-0.25, -0.2) is 0 Å². The summed E-state index contributed by atoms with van der Waals surface area (Å²) in [5.74, 6) is 2.29. The number of aryl methyl sites for hydroxylation is 3. The summed E-state index contributed by atoms with van der Waals surface area (Å²) in [6.45, 7) is 0.800.